The molecule has 224 valence electrons. The normalized spacial score (nSPS) is 35.5. The van der Waals surface area contributed by atoms with Crippen molar-refractivity contribution in [3.63, 3.8) is 0 Å². The molecule has 8 atom stereocenters. The van der Waals surface area contributed by atoms with Crippen LogP contribution in [0.5, 0.6) is 0 Å². The van der Waals surface area contributed by atoms with Crippen LogP contribution in [0.2, 0.25) is 0 Å². The van der Waals surface area contributed by atoms with E-state index in [0.29, 0.717) is 5.41 Å². The first-order chi connectivity index (χ1) is 17.6. The first kappa shape index (κ1) is 34.6. The molecule has 39 heavy (non-hydrogen) atoms. The second-order valence-corrected chi connectivity index (χ2v) is 14.4. The molecular formula is C35H61NOS2. The van der Waals surface area contributed by atoms with E-state index in [1.807, 2.05) is 36.0 Å². The van der Waals surface area contributed by atoms with Gasteiger partial charge >= 0.3 is 0 Å². The molecule has 3 fully saturated rings. The number of hydrogen-bond donors (Lipinski definition) is 0. The second-order valence-electron chi connectivity index (χ2n) is 14.4. The molecule has 4 aliphatic carbocycles. The second kappa shape index (κ2) is 15.0. The summed E-state index contributed by atoms with van der Waals surface area (Å²) in [6.45, 7) is 14.1. The minimum absolute atomic E-state index is 0. The molecule has 0 N–H and O–H groups in total. The van der Waals surface area contributed by atoms with Gasteiger partial charge in [0.15, 0.2) is 5.78 Å². The fourth-order valence-corrected chi connectivity index (χ4v) is 9.23. The number of nitrogens with zero attached hydrogens (tertiary/aromatic N) is 1. The number of hydrogen-bond acceptors (Lipinski definition) is 2. The lowest BCUT2D eigenvalue weighted by Crippen LogP contribution is -2.47. The molecule has 2 nitrogen and oxygen atoms in total. The first-order valence-corrected chi connectivity index (χ1v) is 15.9. The lowest BCUT2D eigenvalue weighted by molar-refractivity contribution is -0.113. The highest BCUT2D eigenvalue weighted by molar-refractivity contribution is 7.59. The Hall–Kier alpha value is -0.610. The molecule has 5 rings (SSSR count). The third kappa shape index (κ3) is 8.02. The third-order valence-electron chi connectivity index (χ3n) is 11.4. The fourth-order valence-electron chi connectivity index (χ4n) is 9.23. The van der Waals surface area contributed by atoms with Crippen molar-refractivity contribution in [1.82, 2.24) is 4.90 Å². The van der Waals surface area contributed by atoms with Crippen LogP contribution in [0.4, 0.5) is 0 Å². The Bertz CT molecular complexity index is 891. The maximum Gasteiger partial charge on any atom is 0.157 e. The Kier molecular flexibility index (Phi) is 13.3. The summed E-state index contributed by atoms with van der Waals surface area (Å²) in [5, 5.41) is 0. The highest BCUT2D eigenvalue weighted by atomic mass is 32.1. The zero-order valence-corrected chi connectivity index (χ0v) is 28.3. The molecule has 5 aliphatic rings. The number of carbonyl (C=O) groups is 1. The molecule has 1 heterocycles. The lowest BCUT2D eigenvalue weighted by Gasteiger charge is -2.55. The molecule has 3 saturated carbocycles. The quantitative estimate of drug-likeness (QED) is 0.294. The molecule has 0 aromatic carbocycles. The summed E-state index contributed by atoms with van der Waals surface area (Å²) in [4.78, 5) is 12.7. The van der Waals surface area contributed by atoms with Gasteiger partial charge in [0, 0.05) is 18.8 Å². The van der Waals surface area contributed by atoms with Gasteiger partial charge in [-0.2, -0.15) is 27.0 Å². The van der Waals surface area contributed by atoms with Gasteiger partial charge in [-0.3, -0.25) is 4.79 Å². The monoisotopic (exact) mass is 575 g/mol. The van der Waals surface area contributed by atoms with Gasteiger partial charge in [0.25, 0.3) is 0 Å². The maximum atomic E-state index is 10.8. The first-order valence-electron chi connectivity index (χ1n) is 15.9. The van der Waals surface area contributed by atoms with Crippen LogP contribution in [0, 0.1) is 52.8 Å². The van der Waals surface area contributed by atoms with Crippen molar-refractivity contribution in [2.45, 2.75) is 119 Å². The predicted molar refractivity (Wildman–Crippen MR) is 179 cm³/mol. The summed E-state index contributed by atoms with van der Waals surface area (Å²) in [7, 11) is 1.92. The van der Waals surface area contributed by atoms with E-state index < -0.39 is 0 Å². The highest BCUT2D eigenvalue weighted by Gasteiger charge is 2.54. The van der Waals surface area contributed by atoms with Gasteiger partial charge in [-0.1, -0.05) is 71.6 Å². The van der Waals surface area contributed by atoms with Crippen LogP contribution < -0.4 is 0 Å². The van der Waals surface area contributed by atoms with E-state index in [4.69, 9.17) is 0 Å². The average Bonchev–Trinajstić information content (AvgIpc) is 3.29. The summed E-state index contributed by atoms with van der Waals surface area (Å²) >= 11 is 0. The fraction of sp³-hybridized carbons (Fsp3) is 0.800. The van der Waals surface area contributed by atoms with E-state index in [2.05, 4.69) is 40.7 Å². The Balaban J connectivity index is 0.000000379. The summed E-state index contributed by atoms with van der Waals surface area (Å²) < 4.78 is 0. The largest absolute Gasteiger partial charge is 0.357 e. The van der Waals surface area contributed by atoms with Crippen LogP contribution in [-0.4, -0.2) is 17.7 Å². The van der Waals surface area contributed by atoms with Crippen molar-refractivity contribution < 1.29 is 4.79 Å². The zero-order chi connectivity index (χ0) is 26.7. The molecule has 0 aromatic rings. The van der Waals surface area contributed by atoms with E-state index in [1.54, 1.807) is 32.6 Å². The molecule has 0 saturated heterocycles. The number of Topliss-reactive ketones (excluding diaryl/α,β-unsaturated/α-hetero) is 1. The summed E-state index contributed by atoms with van der Waals surface area (Å²) in [6, 6.07) is 0. The predicted octanol–water partition coefficient (Wildman–Crippen LogP) is 9.81. The third-order valence-corrected chi connectivity index (χ3v) is 11.4. The number of ketones is 1. The summed E-state index contributed by atoms with van der Waals surface area (Å²) in [6.07, 6.45) is 25.7. The molecule has 1 aliphatic heterocycles. The molecule has 0 bridgehead atoms. The van der Waals surface area contributed by atoms with Gasteiger partial charge in [0.2, 0.25) is 0 Å². The summed E-state index contributed by atoms with van der Waals surface area (Å²) in [5.41, 5.74) is 3.32. The van der Waals surface area contributed by atoms with E-state index in [9.17, 15) is 4.79 Å². The van der Waals surface area contributed by atoms with Crippen molar-refractivity contribution in [3.8, 4) is 0 Å². The standard InChI is InChI=1S/C27H46.C8H11NO.2H2S/c1-18(2)7-6-8-20(4)22-11-12-24-23(22)13-14-26-25(24)10-9-21-17-19(3)15-16-27(21,26)5;1-7(10)8-4-3-5-9(2)6-8;;/h9,18-20,22-26H,6-8,10-17H2,1-5H3;3,5-6H,4H2,1-2H3;2*1H2. The molecule has 8 unspecified atom stereocenters. The zero-order valence-electron chi connectivity index (χ0n) is 26.3. The SMILES string of the molecule is CC(=O)C1=CN(C)C=CC1.CC(C)CCCC(C)C1CCC2C1CCC1C2CC=C2CC(C)CCC21C.S.S. The lowest BCUT2D eigenvalue weighted by atomic mass is 9.49. The van der Waals surface area contributed by atoms with Crippen molar-refractivity contribution in [2.75, 3.05) is 7.05 Å². The minimum Gasteiger partial charge on any atom is -0.357 e. The number of allylic oxidation sites excluding steroid dienone is 4. The highest BCUT2D eigenvalue weighted by Crippen LogP contribution is 2.63. The Morgan fingerprint density at radius 2 is 1.74 bits per heavy atom. The van der Waals surface area contributed by atoms with Crippen LogP contribution in [0.3, 0.4) is 0 Å². The topological polar surface area (TPSA) is 20.3 Å². The van der Waals surface area contributed by atoms with Crippen LogP contribution in [-0.2, 0) is 4.79 Å². The number of carbonyl (C=O) groups excluding carboxylic acids is 1. The molecule has 0 amide bonds. The van der Waals surface area contributed by atoms with Crippen molar-refractivity contribution >= 4 is 32.8 Å². The van der Waals surface area contributed by atoms with E-state index in [0.717, 1.165) is 59.3 Å². The van der Waals surface area contributed by atoms with Crippen molar-refractivity contribution in [3.05, 3.63) is 35.7 Å². The van der Waals surface area contributed by atoms with E-state index in [-0.39, 0.29) is 32.8 Å². The van der Waals surface area contributed by atoms with E-state index in [1.165, 1.54) is 44.9 Å². The van der Waals surface area contributed by atoms with Crippen LogP contribution in [0.15, 0.2) is 35.7 Å². The van der Waals surface area contributed by atoms with Gasteiger partial charge in [-0.25, -0.2) is 0 Å². The van der Waals surface area contributed by atoms with Crippen LogP contribution in [0.25, 0.3) is 0 Å². The van der Waals surface area contributed by atoms with Crippen molar-refractivity contribution in [2.24, 2.45) is 52.8 Å². The van der Waals surface area contributed by atoms with Crippen LogP contribution in [0.1, 0.15) is 119 Å². The molecule has 0 spiro atoms. The smallest absolute Gasteiger partial charge is 0.157 e. The van der Waals surface area contributed by atoms with Crippen molar-refractivity contribution in [1.29, 1.82) is 0 Å². The van der Waals surface area contributed by atoms with Gasteiger partial charge < -0.3 is 4.90 Å². The average molecular weight is 576 g/mol. The Morgan fingerprint density at radius 1 is 1.03 bits per heavy atom. The minimum atomic E-state index is 0. The number of rotatable bonds is 6. The van der Waals surface area contributed by atoms with Gasteiger partial charge in [-0.15, -0.1) is 0 Å². The van der Waals surface area contributed by atoms with Gasteiger partial charge in [0.1, 0.15) is 0 Å². The summed E-state index contributed by atoms with van der Waals surface area (Å²) in [5.74, 6) is 8.17. The maximum absolute atomic E-state index is 10.8. The molecule has 0 aromatic heterocycles. The van der Waals surface area contributed by atoms with Crippen LogP contribution >= 0.6 is 27.0 Å². The van der Waals surface area contributed by atoms with E-state index >= 15 is 0 Å². The molecular weight excluding hydrogens is 515 g/mol. The molecule has 4 heteroatoms. The Morgan fingerprint density at radius 3 is 2.38 bits per heavy atom. The molecule has 0 radical (unpaired) electrons. The number of fused-ring (bicyclic) bond motifs is 5. The van der Waals surface area contributed by atoms with Gasteiger partial charge in [0.05, 0.1) is 0 Å². The van der Waals surface area contributed by atoms with Gasteiger partial charge in [-0.05, 0) is 124 Å². The Labute approximate surface area is 255 Å².